The number of alkyl halides is 2. The molecule has 0 aliphatic carbocycles. The first-order chi connectivity index (χ1) is 12.5. The van der Waals surface area contributed by atoms with E-state index >= 15 is 0 Å². The Morgan fingerprint density at radius 2 is 1.85 bits per heavy atom. The lowest BCUT2D eigenvalue weighted by Crippen LogP contribution is -2.11. The molecule has 0 saturated heterocycles. The molecule has 3 rings (SSSR count). The number of rotatable bonds is 6. The molecule has 3 aromatic rings. The molecule has 0 saturated carbocycles. The lowest BCUT2D eigenvalue weighted by Gasteiger charge is -2.06. The molecule has 26 heavy (non-hydrogen) atoms. The monoisotopic (exact) mass is 421 g/mol. The second-order valence-corrected chi connectivity index (χ2v) is 6.33. The van der Waals surface area contributed by atoms with E-state index in [1.54, 1.807) is 17.1 Å². The molecule has 2 aromatic carbocycles. The Labute approximate surface area is 156 Å². The molecule has 0 unspecified atom stereocenters. The molecule has 0 fully saturated rings. The number of aromatic nitrogens is 2. The molecule has 0 bridgehead atoms. The Kier molecular flexibility index (Phi) is 5.62. The second-order valence-electron chi connectivity index (χ2n) is 5.41. The molecular formula is C18H14BrF2N3O2. The van der Waals surface area contributed by atoms with Crippen LogP contribution in [0.4, 0.5) is 14.5 Å². The van der Waals surface area contributed by atoms with Crippen LogP contribution < -0.4 is 10.1 Å². The van der Waals surface area contributed by atoms with Gasteiger partial charge in [0.1, 0.15) is 5.75 Å². The van der Waals surface area contributed by atoms with E-state index in [0.717, 1.165) is 10.0 Å². The third kappa shape index (κ3) is 4.89. The van der Waals surface area contributed by atoms with Crippen molar-refractivity contribution < 1.29 is 18.3 Å². The largest absolute Gasteiger partial charge is 0.435 e. The van der Waals surface area contributed by atoms with Gasteiger partial charge in [0.25, 0.3) is 5.91 Å². The molecule has 8 heteroatoms. The summed E-state index contributed by atoms with van der Waals surface area (Å²) in [6.45, 7) is -2.32. The first kappa shape index (κ1) is 18.1. The number of benzene rings is 2. The SMILES string of the molecule is O=C(Nc1cnn(Cc2ccc(Br)cc2)c1)c1ccc(OC(F)F)cc1. The fraction of sp³-hybridized carbons (Fsp3) is 0.111. The van der Waals surface area contributed by atoms with Crippen LogP contribution in [0.1, 0.15) is 15.9 Å². The van der Waals surface area contributed by atoms with E-state index in [1.165, 1.54) is 24.3 Å². The van der Waals surface area contributed by atoms with Gasteiger partial charge in [0.05, 0.1) is 18.4 Å². The van der Waals surface area contributed by atoms with Gasteiger partial charge in [-0.1, -0.05) is 28.1 Å². The predicted molar refractivity (Wildman–Crippen MR) is 96.5 cm³/mol. The Bertz CT molecular complexity index is 880. The summed E-state index contributed by atoms with van der Waals surface area (Å²) < 4.78 is 31.2. The van der Waals surface area contributed by atoms with E-state index < -0.39 is 6.61 Å². The number of carbonyl (C=O) groups excluding carboxylic acids is 1. The van der Waals surface area contributed by atoms with Gasteiger partial charge in [0, 0.05) is 16.2 Å². The zero-order valence-electron chi connectivity index (χ0n) is 13.4. The summed E-state index contributed by atoms with van der Waals surface area (Å²) in [6, 6.07) is 13.3. The lowest BCUT2D eigenvalue weighted by atomic mass is 10.2. The van der Waals surface area contributed by atoms with E-state index in [4.69, 9.17) is 0 Å². The molecule has 1 amide bonds. The number of amides is 1. The molecule has 1 aromatic heterocycles. The maximum atomic E-state index is 12.2. The molecular weight excluding hydrogens is 408 g/mol. The van der Waals surface area contributed by atoms with Gasteiger partial charge in [0.2, 0.25) is 0 Å². The van der Waals surface area contributed by atoms with Crippen LogP contribution >= 0.6 is 15.9 Å². The summed E-state index contributed by atoms with van der Waals surface area (Å²) in [4.78, 5) is 12.2. The maximum Gasteiger partial charge on any atom is 0.387 e. The van der Waals surface area contributed by atoms with Crippen LogP contribution in [-0.2, 0) is 6.54 Å². The van der Waals surface area contributed by atoms with Crippen molar-refractivity contribution in [2.45, 2.75) is 13.2 Å². The van der Waals surface area contributed by atoms with Crippen molar-refractivity contribution in [1.29, 1.82) is 0 Å². The third-order valence-electron chi connectivity index (χ3n) is 3.49. The maximum absolute atomic E-state index is 12.2. The standard InChI is InChI=1S/C18H14BrF2N3O2/c19-14-5-1-12(2-6-14)10-24-11-15(9-22-24)23-17(25)13-3-7-16(8-4-13)26-18(20)21/h1-9,11,18H,10H2,(H,23,25). The van der Waals surface area contributed by atoms with Gasteiger partial charge in [-0.05, 0) is 42.0 Å². The second kappa shape index (κ2) is 8.09. The summed E-state index contributed by atoms with van der Waals surface area (Å²) in [5.41, 5.74) is 1.94. The number of nitrogens with one attached hydrogen (secondary N) is 1. The molecule has 0 atom stereocenters. The van der Waals surface area contributed by atoms with Crippen molar-refractivity contribution in [3.05, 3.63) is 76.5 Å². The van der Waals surface area contributed by atoms with E-state index in [2.05, 4.69) is 31.1 Å². The Morgan fingerprint density at radius 3 is 2.50 bits per heavy atom. The van der Waals surface area contributed by atoms with Crippen LogP contribution in [0.15, 0.2) is 65.4 Å². The lowest BCUT2D eigenvalue weighted by molar-refractivity contribution is -0.0498. The number of carbonyl (C=O) groups is 1. The molecule has 0 aliphatic heterocycles. The molecule has 5 nitrogen and oxygen atoms in total. The fourth-order valence-electron chi connectivity index (χ4n) is 2.28. The summed E-state index contributed by atoms with van der Waals surface area (Å²) in [7, 11) is 0. The van der Waals surface area contributed by atoms with Crippen LogP contribution in [-0.4, -0.2) is 22.3 Å². The van der Waals surface area contributed by atoms with Crippen LogP contribution in [0.3, 0.4) is 0 Å². The highest BCUT2D eigenvalue weighted by Crippen LogP contribution is 2.17. The molecule has 134 valence electrons. The number of ether oxygens (including phenoxy) is 1. The molecule has 0 aliphatic rings. The molecule has 0 spiro atoms. The quantitative estimate of drug-likeness (QED) is 0.635. The molecule has 1 N–H and O–H groups in total. The Balaban J connectivity index is 1.61. The predicted octanol–water partition coefficient (Wildman–Crippen LogP) is 4.55. The smallest absolute Gasteiger partial charge is 0.387 e. The van der Waals surface area contributed by atoms with Crippen LogP contribution in [0, 0.1) is 0 Å². The number of anilines is 1. The minimum Gasteiger partial charge on any atom is -0.435 e. The van der Waals surface area contributed by atoms with Gasteiger partial charge in [0.15, 0.2) is 0 Å². The first-order valence-electron chi connectivity index (χ1n) is 7.63. The van der Waals surface area contributed by atoms with Crippen LogP contribution in [0.25, 0.3) is 0 Å². The fourth-order valence-corrected chi connectivity index (χ4v) is 2.55. The highest BCUT2D eigenvalue weighted by molar-refractivity contribution is 9.10. The average Bonchev–Trinajstić information content (AvgIpc) is 3.04. The Hall–Kier alpha value is -2.74. The van der Waals surface area contributed by atoms with E-state index in [0.29, 0.717) is 17.8 Å². The van der Waals surface area contributed by atoms with Gasteiger partial charge in [-0.3, -0.25) is 9.48 Å². The van der Waals surface area contributed by atoms with Gasteiger partial charge in [-0.2, -0.15) is 13.9 Å². The van der Waals surface area contributed by atoms with Gasteiger partial charge < -0.3 is 10.1 Å². The van der Waals surface area contributed by atoms with Crippen molar-refractivity contribution >= 4 is 27.5 Å². The minimum atomic E-state index is -2.90. The van der Waals surface area contributed by atoms with Crippen molar-refractivity contribution in [2.75, 3.05) is 5.32 Å². The van der Waals surface area contributed by atoms with Crippen molar-refractivity contribution in [1.82, 2.24) is 9.78 Å². The summed E-state index contributed by atoms with van der Waals surface area (Å²) in [6.07, 6.45) is 3.26. The van der Waals surface area contributed by atoms with Crippen molar-refractivity contribution in [3.63, 3.8) is 0 Å². The van der Waals surface area contributed by atoms with Crippen LogP contribution in [0.2, 0.25) is 0 Å². The summed E-state index contributed by atoms with van der Waals surface area (Å²) in [5, 5.41) is 6.93. The number of hydrogen-bond donors (Lipinski definition) is 1. The third-order valence-corrected chi connectivity index (χ3v) is 4.02. The summed E-state index contributed by atoms with van der Waals surface area (Å²) >= 11 is 3.39. The zero-order chi connectivity index (χ0) is 18.5. The Morgan fingerprint density at radius 1 is 1.15 bits per heavy atom. The molecule has 1 heterocycles. The van der Waals surface area contributed by atoms with Gasteiger partial charge in [-0.25, -0.2) is 0 Å². The normalized spacial score (nSPS) is 10.8. The average molecular weight is 422 g/mol. The van der Waals surface area contributed by atoms with Crippen LogP contribution in [0.5, 0.6) is 5.75 Å². The first-order valence-corrected chi connectivity index (χ1v) is 8.42. The highest BCUT2D eigenvalue weighted by atomic mass is 79.9. The number of nitrogens with zero attached hydrogens (tertiary/aromatic N) is 2. The number of halogens is 3. The minimum absolute atomic E-state index is 0.00105. The topological polar surface area (TPSA) is 56.2 Å². The van der Waals surface area contributed by atoms with Gasteiger partial charge in [-0.15, -0.1) is 0 Å². The highest BCUT2D eigenvalue weighted by Gasteiger charge is 2.09. The van der Waals surface area contributed by atoms with Gasteiger partial charge >= 0.3 is 6.61 Å². The van der Waals surface area contributed by atoms with E-state index in [9.17, 15) is 13.6 Å². The van der Waals surface area contributed by atoms with E-state index in [-0.39, 0.29) is 11.7 Å². The molecule has 0 radical (unpaired) electrons. The number of hydrogen-bond acceptors (Lipinski definition) is 3. The van der Waals surface area contributed by atoms with E-state index in [1.807, 2.05) is 24.3 Å². The van der Waals surface area contributed by atoms with Crippen molar-refractivity contribution in [3.8, 4) is 5.75 Å². The van der Waals surface area contributed by atoms with Crippen molar-refractivity contribution in [2.24, 2.45) is 0 Å². The zero-order valence-corrected chi connectivity index (χ0v) is 15.0. The summed E-state index contributed by atoms with van der Waals surface area (Å²) in [5.74, 6) is -0.365.